The molecule has 0 spiro atoms. The minimum Gasteiger partial charge on any atom is -0.366 e. The van der Waals surface area contributed by atoms with E-state index in [-0.39, 0.29) is 12.0 Å². The van der Waals surface area contributed by atoms with Gasteiger partial charge in [-0.15, -0.1) is 5.10 Å². The molecule has 2 heterocycles. The molecule has 0 bridgehead atoms. The molecule has 1 aromatic carbocycles. The number of aromatic nitrogens is 3. The fourth-order valence-electron chi connectivity index (χ4n) is 2.15. The van der Waals surface area contributed by atoms with Crippen LogP contribution in [-0.4, -0.2) is 21.3 Å². The molecule has 0 saturated heterocycles. The molecule has 0 aliphatic carbocycles. The van der Waals surface area contributed by atoms with Crippen molar-refractivity contribution in [2.45, 2.75) is 12.5 Å². The van der Waals surface area contributed by atoms with Crippen LogP contribution in [0.5, 0.6) is 0 Å². The molecule has 18 heavy (non-hydrogen) atoms. The van der Waals surface area contributed by atoms with Crippen molar-refractivity contribution in [3.8, 4) is 0 Å². The predicted octanol–water partition coefficient (Wildman–Crippen LogP) is 1.54. The number of nitrogens with one attached hydrogen (secondary N) is 1. The lowest BCUT2D eigenvalue weighted by Crippen LogP contribution is -2.24. The van der Waals surface area contributed by atoms with Crippen LogP contribution in [-0.2, 0) is 0 Å². The molecule has 1 aliphatic heterocycles. The van der Waals surface area contributed by atoms with Gasteiger partial charge < -0.3 is 11.1 Å². The van der Waals surface area contributed by atoms with E-state index in [0.717, 1.165) is 6.07 Å². The third-order valence-corrected chi connectivity index (χ3v) is 2.97. The number of hydrogen-bond acceptors (Lipinski definition) is 4. The lowest BCUT2D eigenvalue weighted by molar-refractivity contribution is 0.468. The van der Waals surface area contributed by atoms with Crippen molar-refractivity contribution in [2.75, 3.05) is 17.6 Å². The summed E-state index contributed by atoms with van der Waals surface area (Å²) in [6.45, 7) is 0.682. The Hall–Kier alpha value is -2.18. The standard InChI is InChI=1S/C11H11F2N5/c12-7-2-1-6(5-8(7)13)9-3-4-15-11-16-10(14)17-18(9)11/h1-2,5,9H,3-4H2,(H3,14,15,16,17). The molecule has 0 radical (unpaired) electrons. The van der Waals surface area contributed by atoms with E-state index >= 15 is 0 Å². The first-order chi connectivity index (χ1) is 8.65. The summed E-state index contributed by atoms with van der Waals surface area (Å²) in [4.78, 5) is 4.02. The zero-order valence-corrected chi connectivity index (χ0v) is 9.40. The first-order valence-corrected chi connectivity index (χ1v) is 5.56. The number of nitrogen functional groups attached to an aromatic ring is 1. The van der Waals surface area contributed by atoms with E-state index in [1.165, 1.54) is 6.07 Å². The van der Waals surface area contributed by atoms with Crippen LogP contribution in [0.2, 0.25) is 0 Å². The Balaban J connectivity index is 2.05. The summed E-state index contributed by atoms with van der Waals surface area (Å²) in [6, 6.07) is 3.68. The summed E-state index contributed by atoms with van der Waals surface area (Å²) in [5.74, 6) is -1.01. The third-order valence-electron chi connectivity index (χ3n) is 2.97. The van der Waals surface area contributed by atoms with Gasteiger partial charge in [0.25, 0.3) is 0 Å². The van der Waals surface area contributed by atoms with Gasteiger partial charge >= 0.3 is 0 Å². The fraction of sp³-hybridized carbons (Fsp3) is 0.273. The van der Waals surface area contributed by atoms with Crippen LogP contribution in [0, 0.1) is 11.6 Å². The predicted molar refractivity (Wildman–Crippen MR) is 62.0 cm³/mol. The maximum atomic E-state index is 13.3. The van der Waals surface area contributed by atoms with Gasteiger partial charge in [0, 0.05) is 6.54 Å². The summed E-state index contributed by atoms with van der Waals surface area (Å²) in [5.41, 5.74) is 6.19. The highest BCUT2D eigenvalue weighted by molar-refractivity contribution is 5.37. The Morgan fingerprint density at radius 1 is 1.33 bits per heavy atom. The van der Waals surface area contributed by atoms with Crippen molar-refractivity contribution in [2.24, 2.45) is 0 Å². The topological polar surface area (TPSA) is 68.8 Å². The number of nitrogens with two attached hydrogens (primary N) is 1. The van der Waals surface area contributed by atoms with E-state index in [2.05, 4.69) is 15.4 Å². The summed E-state index contributed by atoms with van der Waals surface area (Å²) in [5, 5.41) is 7.12. The van der Waals surface area contributed by atoms with Crippen LogP contribution in [0.3, 0.4) is 0 Å². The van der Waals surface area contributed by atoms with Crippen molar-refractivity contribution in [1.29, 1.82) is 0 Å². The molecular weight excluding hydrogens is 240 g/mol. The Labute approximate surface area is 102 Å². The van der Waals surface area contributed by atoms with E-state index in [1.807, 2.05) is 0 Å². The summed E-state index contributed by atoms with van der Waals surface area (Å²) < 4.78 is 27.8. The van der Waals surface area contributed by atoms with E-state index in [9.17, 15) is 8.78 Å². The number of hydrogen-bond donors (Lipinski definition) is 2. The van der Waals surface area contributed by atoms with Crippen molar-refractivity contribution in [3.05, 3.63) is 35.4 Å². The van der Waals surface area contributed by atoms with Crippen LogP contribution < -0.4 is 11.1 Å². The Morgan fingerprint density at radius 3 is 2.94 bits per heavy atom. The van der Waals surface area contributed by atoms with Gasteiger partial charge in [0.15, 0.2) is 11.6 Å². The second-order valence-corrected chi connectivity index (χ2v) is 4.14. The highest BCUT2D eigenvalue weighted by atomic mass is 19.2. The largest absolute Gasteiger partial charge is 0.366 e. The molecule has 3 N–H and O–H groups in total. The van der Waals surface area contributed by atoms with Crippen LogP contribution in [0.1, 0.15) is 18.0 Å². The number of nitrogens with zero attached hydrogens (tertiary/aromatic N) is 3. The highest BCUT2D eigenvalue weighted by Crippen LogP contribution is 2.29. The molecule has 1 aromatic heterocycles. The number of benzene rings is 1. The van der Waals surface area contributed by atoms with Crippen LogP contribution in [0.4, 0.5) is 20.7 Å². The van der Waals surface area contributed by atoms with Crippen LogP contribution in [0.15, 0.2) is 18.2 Å². The number of anilines is 2. The van der Waals surface area contributed by atoms with E-state index < -0.39 is 11.6 Å². The molecule has 5 nitrogen and oxygen atoms in total. The number of halogens is 2. The normalized spacial score (nSPS) is 18.2. The molecule has 1 unspecified atom stereocenters. The molecule has 0 fully saturated rings. The SMILES string of the molecule is Nc1nc2n(n1)C(c1ccc(F)c(F)c1)CCN2. The average Bonchev–Trinajstić information content (AvgIpc) is 2.72. The Morgan fingerprint density at radius 2 is 2.17 bits per heavy atom. The van der Waals surface area contributed by atoms with Gasteiger partial charge in [0.05, 0.1) is 6.04 Å². The molecule has 1 aliphatic rings. The van der Waals surface area contributed by atoms with Crippen molar-refractivity contribution >= 4 is 11.9 Å². The lowest BCUT2D eigenvalue weighted by Gasteiger charge is -2.24. The van der Waals surface area contributed by atoms with Gasteiger partial charge in [-0.05, 0) is 24.1 Å². The van der Waals surface area contributed by atoms with E-state index in [4.69, 9.17) is 5.73 Å². The van der Waals surface area contributed by atoms with Gasteiger partial charge in [0.1, 0.15) is 0 Å². The second-order valence-electron chi connectivity index (χ2n) is 4.14. The number of fused-ring (bicyclic) bond motifs is 1. The summed E-state index contributed by atoms with van der Waals surface area (Å²) in [7, 11) is 0. The maximum Gasteiger partial charge on any atom is 0.241 e. The quantitative estimate of drug-likeness (QED) is 0.806. The fourth-order valence-corrected chi connectivity index (χ4v) is 2.15. The second kappa shape index (κ2) is 3.94. The van der Waals surface area contributed by atoms with Crippen molar-refractivity contribution in [1.82, 2.24) is 14.8 Å². The molecule has 1 atom stereocenters. The zero-order chi connectivity index (χ0) is 12.7. The van der Waals surface area contributed by atoms with Crippen molar-refractivity contribution < 1.29 is 8.78 Å². The van der Waals surface area contributed by atoms with E-state index in [1.54, 1.807) is 10.7 Å². The molecule has 94 valence electrons. The lowest BCUT2D eigenvalue weighted by atomic mass is 10.0. The molecular formula is C11H11F2N5. The number of rotatable bonds is 1. The summed E-state index contributed by atoms with van der Waals surface area (Å²) >= 11 is 0. The highest BCUT2D eigenvalue weighted by Gasteiger charge is 2.24. The first kappa shape index (κ1) is 10.9. The monoisotopic (exact) mass is 251 g/mol. The van der Waals surface area contributed by atoms with Gasteiger partial charge in [-0.3, -0.25) is 0 Å². The van der Waals surface area contributed by atoms with Gasteiger partial charge in [0.2, 0.25) is 11.9 Å². The first-order valence-electron chi connectivity index (χ1n) is 5.56. The minimum atomic E-state index is -0.860. The Bertz CT molecular complexity index is 595. The van der Waals surface area contributed by atoms with E-state index in [0.29, 0.717) is 24.5 Å². The molecule has 2 aromatic rings. The molecule has 7 heteroatoms. The molecule has 3 rings (SSSR count). The Kier molecular flexibility index (Phi) is 2.39. The van der Waals surface area contributed by atoms with Crippen molar-refractivity contribution in [3.63, 3.8) is 0 Å². The van der Waals surface area contributed by atoms with Gasteiger partial charge in [-0.2, -0.15) is 4.98 Å². The smallest absolute Gasteiger partial charge is 0.241 e. The average molecular weight is 251 g/mol. The van der Waals surface area contributed by atoms with Crippen LogP contribution >= 0.6 is 0 Å². The minimum absolute atomic E-state index is 0.159. The summed E-state index contributed by atoms with van der Waals surface area (Å²) in [6.07, 6.45) is 0.709. The van der Waals surface area contributed by atoms with Gasteiger partial charge in [-0.25, -0.2) is 13.5 Å². The molecule has 0 amide bonds. The van der Waals surface area contributed by atoms with Crippen LogP contribution in [0.25, 0.3) is 0 Å². The zero-order valence-electron chi connectivity index (χ0n) is 9.40. The maximum absolute atomic E-state index is 13.3. The molecule has 0 saturated carbocycles. The van der Waals surface area contributed by atoms with Gasteiger partial charge in [-0.1, -0.05) is 6.07 Å². The third kappa shape index (κ3) is 1.68.